The van der Waals surface area contributed by atoms with Gasteiger partial charge in [-0.15, -0.1) is 5.10 Å². The van der Waals surface area contributed by atoms with E-state index in [0.717, 1.165) is 45.6 Å². The lowest BCUT2D eigenvalue weighted by atomic mass is 9.95. The van der Waals surface area contributed by atoms with E-state index in [1.54, 1.807) is 10.9 Å². The lowest BCUT2D eigenvalue weighted by Crippen LogP contribution is -2.48. The summed E-state index contributed by atoms with van der Waals surface area (Å²) in [5.74, 6) is -0.107. The zero-order chi connectivity index (χ0) is 28.7. The van der Waals surface area contributed by atoms with Gasteiger partial charge in [0.1, 0.15) is 0 Å². The average Bonchev–Trinajstić information content (AvgIpc) is 3.70. The van der Waals surface area contributed by atoms with E-state index in [9.17, 15) is 4.79 Å². The number of nitrogens with one attached hydrogen (secondary N) is 1. The highest BCUT2D eigenvalue weighted by Crippen LogP contribution is 2.31. The Bertz CT molecular complexity index is 1500. The Kier molecular flexibility index (Phi) is 8.72. The summed E-state index contributed by atoms with van der Waals surface area (Å²) >= 11 is 0. The number of benzene rings is 3. The monoisotopic (exact) mass is 562 g/mol. The molecule has 1 aliphatic rings. The predicted octanol–water partition coefficient (Wildman–Crippen LogP) is 5.52. The van der Waals surface area contributed by atoms with Crippen LogP contribution >= 0.6 is 0 Å². The normalized spacial score (nSPS) is 15.3. The molecule has 0 saturated carbocycles. The number of nitrogens with zero attached hydrogens (tertiary/aromatic N) is 5. The molecule has 0 aliphatic carbocycles. The van der Waals surface area contributed by atoms with Crippen molar-refractivity contribution in [2.75, 3.05) is 39.8 Å². The van der Waals surface area contributed by atoms with E-state index < -0.39 is 5.97 Å². The summed E-state index contributed by atoms with van der Waals surface area (Å²) in [6, 6.07) is 32.8. The minimum Gasteiger partial charge on any atom is -0.464 e. The van der Waals surface area contributed by atoms with Gasteiger partial charge in [0.15, 0.2) is 5.69 Å². The smallest absolute Gasteiger partial charge is 0.360 e. The van der Waals surface area contributed by atoms with Gasteiger partial charge in [0.05, 0.1) is 19.3 Å². The van der Waals surface area contributed by atoms with Crippen LogP contribution in [0.5, 0.6) is 0 Å². The fraction of sp³-hybridized carbons (Fsp3) is 0.324. The zero-order valence-corrected chi connectivity index (χ0v) is 24.1. The number of piperazine rings is 1. The molecule has 42 heavy (non-hydrogen) atoms. The number of para-hydroxylation sites is 1. The molecule has 0 bridgehead atoms. The third-order valence-corrected chi connectivity index (χ3v) is 8.34. The summed E-state index contributed by atoms with van der Waals surface area (Å²) in [5, 5.41) is 9.32. The second kappa shape index (κ2) is 13.1. The Morgan fingerprint density at radius 1 is 0.905 bits per heavy atom. The van der Waals surface area contributed by atoms with Crippen LogP contribution in [0.1, 0.15) is 52.1 Å². The maximum Gasteiger partial charge on any atom is 0.360 e. The number of aromatic amines is 1. The summed E-state index contributed by atoms with van der Waals surface area (Å²) in [5.41, 5.74) is 5.38. The number of aromatic nitrogens is 4. The highest BCUT2D eigenvalue weighted by atomic mass is 16.5. The van der Waals surface area contributed by atoms with E-state index in [4.69, 9.17) is 4.74 Å². The first-order valence-electron chi connectivity index (χ1n) is 14.8. The third-order valence-electron chi connectivity index (χ3n) is 8.34. The van der Waals surface area contributed by atoms with Gasteiger partial charge in [0.2, 0.25) is 0 Å². The Morgan fingerprint density at radius 3 is 2.24 bits per heavy atom. The number of hydrogen-bond acceptors (Lipinski definition) is 6. The fourth-order valence-corrected chi connectivity index (χ4v) is 6.17. The summed E-state index contributed by atoms with van der Waals surface area (Å²) in [4.78, 5) is 20.7. The molecule has 1 aliphatic heterocycles. The lowest BCUT2D eigenvalue weighted by Gasteiger charge is -2.40. The molecule has 0 radical (unpaired) electrons. The quantitative estimate of drug-likeness (QED) is 0.214. The van der Waals surface area contributed by atoms with Gasteiger partial charge < -0.3 is 14.6 Å². The number of H-pyrrole nitrogens is 1. The molecular formula is C34H38N6O2. The summed E-state index contributed by atoms with van der Waals surface area (Å²) in [6.45, 7) is 5.78. The first-order valence-corrected chi connectivity index (χ1v) is 14.8. The Hall–Kier alpha value is -4.27. The van der Waals surface area contributed by atoms with Gasteiger partial charge in [-0.2, -0.15) is 0 Å². The number of rotatable bonds is 11. The standard InChI is InChI=1S/C34H38N6O2/c1-42-34(41)32-25-40(37-36-32)18-10-16-29(31-23-28-15-8-9-17-30(28)35-31)24-38-19-21-39(22-20-38)33(26-11-4-2-5-12-26)27-13-6-3-7-14-27/h2-9,11-15,17,23,25,29,33,35H,10,16,18-22,24H2,1H3. The Labute approximate surface area is 246 Å². The molecule has 3 aromatic carbocycles. The molecule has 1 saturated heterocycles. The molecular weight excluding hydrogens is 524 g/mol. The SMILES string of the molecule is COC(=O)c1cn(CCCC(CN2CCN(C(c3ccccc3)c3ccccc3)CC2)c2cc3ccccc3[nH]2)nn1. The van der Waals surface area contributed by atoms with E-state index in [2.05, 4.69) is 116 Å². The van der Waals surface area contributed by atoms with Crippen molar-refractivity contribution >= 4 is 16.9 Å². The van der Waals surface area contributed by atoms with Crippen LogP contribution in [0.25, 0.3) is 10.9 Å². The maximum atomic E-state index is 11.8. The maximum absolute atomic E-state index is 11.8. The van der Waals surface area contributed by atoms with Gasteiger partial charge in [0.25, 0.3) is 0 Å². The number of aryl methyl sites for hydroxylation is 1. The van der Waals surface area contributed by atoms with Gasteiger partial charge in [-0.05, 0) is 41.5 Å². The van der Waals surface area contributed by atoms with Crippen LogP contribution in [0.3, 0.4) is 0 Å². The van der Waals surface area contributed by atoms with Crippen LogP contribution in [0.2, 0.25) is 0 Å². The lowest BCUT2D eigenvalue weighted by molar-refractivity contribution is 0.0594. The van der Waals surface area contributed by atoms with Crippen molar-refractivity contribution in [3.05, 3.63) is 120 Å². The summed E-state index contributed by atoms with van der Waals surface area (Å²) in [6.07, 6.45) is 3.59. The molecule has 0 amide bonds. The summed E-state index contributed by atoms with van der Waals surface area (Å²) in [7, 11) is 1.36. The molecule has 8 nitrogen and oxygen atoms in total. The minimum absolute atomic E-state index is 0.242. The van der Waals surface area contributed by atoms with Gasteiger partial charge in [-0.25, -0.2) is 4.79 Å². The van der Waals surface area contributed by atoms with Crippen molar-refractivity contribution in [3.8, 4) is 0 Å². The predicted molar refractivity (Wildman–Crippen MR) is 164 cm³/mol. The van der Waals surface area contributed by atoms with Gasteiger partial charge in [0, 0.05) is 56.4 Å². The van der Waals surface area contributed by atoms with Crippen LogP contribution in [0.15, 0.2) is 97.2 Å². The number of carbonyl (C=O) groups is 1. The summed E-state index contributed by atoms with van der Waals surface area (Å²) < 4.78 is 6.50. The van der Waals surface area contributed by atoms with Crippen molar-refractivity contribution in [3.63, 3.8) is 0 Å². The van der Waals surface area contributed by atoms with Crippen molar-refractivity contribution in [2.24, 2.45) is 0 Å². The zero-order valence-electron chi connectivity index (χ0n) is 24.1. The van der Waals surface area contributed by atoms with Gasteiger partial charge >= 0.3 is 5.97 Å². The number of carbonyl (C=O) groups excluding carboxylic acids is 1. The molecule has 6 rings (SSSR count). The van der Waals surface area contributed by atoms with Crippen LogP contribution in [0, 0.1) is 0 Å². The van der Waals surface area contributed by atoms with Crippen LogP contribution in [-0.2, 0) is 11.3 Å². The van der Waals surface area contributed by atoms with Crippen LogP contribution in [0.4, 0.5) is 0 Å². The van der Waals surface area contributed by atoms with Gasteiger partial charge in [-0.1, -0.05) is 84.1 Å². The van der Waals surface area contributed by atoms with E-state index >= 15 is 0 Å². The van der Waals surface area contributed by atoms with Crippen molar-refractivity contribution < 1.29 is 9.53 Å². The molecule has 0 spiro atoms. The number of fused-ring (bicyclic) bond motifs is 1. The second-order valence-electron chi connectivity index (χ2n) is 11.1. The average molecular weight is 563 g/mol. The highest BCUT2D eigenvalue weighted by Gasteiger charge is 2.28. The Balaban J connectivity index is 1.14. The van der Waals surface area contributed by atoms with Crippen molar-refractivity contribution in [1.29, 1.82) is 0 Å². The molecule has 1 atom stereocenters. The van der Waals surface area contributed by atoms with Crippen molar-refractivity contribution in [1.82, 2.24) is 29.8 Å². The van der Waals surface area contributed by atoms with E-state index in [-0.39, 0.29) is 11.7 Å². The van der Waals surface area contributed by atoms with E-state index in [0.29, 0.717) is 12.5 Å². The number of hydrogen-bond donors (Lipinski definition) is 1. The molecule has 8 heteroatoms. The molecule has 1 fully saturated rings. The Morgan fingerprint density at radius 2 is 1.57 bits per heavy atom. The number of methoxy groups -OCH3 is 1. The van der Waals surface area contributed by atoms with Crippen molar-refractivity contribution in [2.45, 2.75) is 31.3 Å². The number of ether oxygens (including phenoxy) is 1. The number of esters is 1. The highest BCUT2D eigenvalue weighted by molar-refractivity contribution is 5.86. The molecule has 1 N–H and O–H groups in total. The fourth-order valence-electron chi connectivity index (χ4n) is 6.17. The molecule has 1 unspecified atom stereocenters. The second-order valence-corrected chi connectivity index (χ2v) is 11.1. The van der Waals surface area contributed by atoms with E-state index in [1.165, 1.54) is 34.8 Å². The van der Waals surface area contributed by atoms with E-state index in [1.807, 2.05) is 0 Å². The van der Waals surface area contributed by atoms with Gasteiger partial charge in [-0.3, -0.25) is 9.58 Å². The topological polar surface area (TPSA) is 79.3 Å². The molecule has 2 aromatic heterocycles. The minimum atomic E-state index is -0.460. The first kappa shape index (κ1) is 27.9. The molecule has 216 valence electrons. The molecule has 5 aromatic rings. The van der Waals surface area contributed by atoms with Crippen LogP contribution < -0.4 is 0 Å². The third kappa shape index (κ3) is 6.45. The van der Waals surface area contributed by atoms with Crippen LogP contribution in [-0.4, -0.2) is 75.6 Å². The molecule has 3 heterocycles. The largest absolute Gasteiger partial charge is 0.464 e. The first-order chi connectivity index (χ1) is 20.7.